The van der Waals surface area contributed by atoms with Crippen molar-refractivity contribution in [3.8, 4) is 0 Å². The van der Waals surface area contributed by atoms with E-state index in [1.54, 1.807) is 24.4 Å². The van der Waals surface area contributed by atoms with Crippen LogP contribution in [0.3, 0.4) is 0 Å². The normalized spacial score (nSPS) is 11.0. The molecule has 2 aromatic carbocycles. The lowest BCUT2D eigenvalue weighted by Gasteiger charge is -2.12. The highest BCUT2D eigenvalue weighted by Gasteiger charge is 2.13. The first-order chi connectivity index (χ1) is 12.5. The van der Waals surface area contributed by atoms with Gasteiger partial charge in [0.1, 0.15) is 11.3 Å². The maximum Gasteiger partial charge on any atom is 0.335 e. The predicted molar refractivity (Wildman–Crippen MR) is 101 cm³/mol. The van der Waals surface area contributed by atoms with Crippen LogP contribution in [0.15, 0.2) is 48.7 Å². The number of hydrogen-bond donors (Lipinski definition) is 2. The molecule has 26 heavy (non-hydrogen) atoms. The Balaban J connectivity index is 1.98. The number of fused-ring (bicyclic) bond motifs is 3. The number of carboxylic acid groups (broad SMARTS) is 1. The highest BCUT2D eigenvalue weighted by molar-refractivity contribution is 6.09. The monoisotopic (exact) mass is 344 g/mol. The third-order valence-electron chi connectivity index (χ3n) is 4.18. The van der Waals surface area contributed by atoms with E-state index in [9.17, 15) is 9.90 Å². The Kier molecular flexibility index (Phi) is 3.73. The van der Waals surface area contributed by atoms with Crippen molar-refractivity contribution in [1.29, 1.82) is 0 Å². The van der Waals surface area contributed by atoms with E-state index in [1.807, 2.05) is 38.1 Å². The van der Waals surface area contributed by atoms with Crippen LogP contribution in [-0.4, -0.2) is 26.0 Å². The number of nitrogens with zero attached hydrogens (tertiary/aromatic N) is 3. The summed E-state index contributed by atoms with van der Waals surface area (Å²) in [7, 11) is 0. The first-order valence-electron chi connectivity index (χ1n) is 8.15. The molecule has 0 aliphatic carbocycles. The minimum Gasteiger partial charge on any atom is -0.478 e. The zero-order chi connectivity index (χ0) is 18.3. The first-order valence-corrected chi connectivity index (χ1v) is 8.15. The van der Waals surface area contributed by atoms with Crippen LogP contribution in [0.1, 0.15) is 21.7 Å². The Morgan fingerprint density at radius 2 is 1.88 bits per heavy atom. The van der Waals surface area contributed by atoms with Crippen LogP contribution in [0.25, 0.3) is 21.8 Å². The molecule has 0 saturated heterocycles. The number of aromatic nitrogens is 3. The highest BCUT2D eigenvalue weighted by Crippen LogP contribution is 2.30. The quantitative estimate of drug-likeness (QED) is 0.541. The average Bonchev–Trinajstić information content (AvgIpc) is 2.61. The molecule has 0 radical (unpaired) electrons. The fourth-order valence-corrected chi connectivity index (χ4v) is 2.95. The molecule has 128 valence electrons. The molecular formula is C20H16N4O2. The molecule has 0 unspecified atom stereocenters. The Bertz CT molecular complexity index is 1170. The van der Waals surface area contributed by atoms with Gasteiger partial charge in [0.2, 0.25) is 0 Å². The number of hydrogen-bond acceptors (Lipinski definition) is 5. The van der Waals surface area contributed by atoms with E-state index in [2.05, 4.69) is 20.3 Å². The number of anilines is 2. The standard InChI is InChI=1S/C20H16N4O2/c1-11-4-3-5-14(8-11)23-19-18-16(10-21-12(2)22-18)15-7-6-13(20(25)26)9-17(15)24-19/h3-10H,1-2H3,(H,23,24)(H,25,26). The third kappa shape index (κ3) is 2.82. The second-order valence-electron chi connectivity index (χ2n) is 6.17. The van der Waals surface area contributed by atoms with Gasteiger partial charge in [-0.25, -0.2) is 19.7 Å². The van der Waals surface area contributed by atoms with Crippen molar-refractivity contribution in [3.63, 3.8) is 0 Å². The molecule has 6 nitrogen and oxygen atoms in total. The van der Waals surface area contributed by atoms with Crippen molar-refractivity contribution in [2.75, 3.05) is 5.32 Å². The van der Waals surface area contributed by atoms with E-state index in [1.165, 1.54) is 0 Å². The summed E-state index contributed by atoms with van der Waals surface area (Å²) >= 11 is 0. The number of aromatic carboxylic acids is 1. The number of nitrogens with one attached hydrogen (secondary N) is 1. The lowest BCUT2D eigenvalue weighted by Crippen LogP contribution is -2.01. The smallest absolute Gasteiger partial charge is 0.335 e. The van der Waals surface area contributed by atoms with Gasteiger partial charge < -0.3 is 10.4 Å². The molecule has 4 rings (SSSR count). The zero-order valence-corrected chi connectivity index (χ0v) is 14.3. The van der Waals surface area contributed by atoms with Gasteiger partial charge in [-0.3, -0.25) is 0 Å². The molecule has 6 heteroatoms. The van der Waals surface area contributed by atoms with Crippen molar-refractivity contribution in [2.24, 2.45) is 0 Å². The zero-order valence-electron chi connectivity index (χ0n) is 14.3. The predicted octanol–water partition coefficient (Wildman–Crippen LogP) is 4.24. The molecular weight excluding hydrogens is 328 g/mol. The van der Waals surface area contributed by atoms with Gasteiger partial charge in [-0.1, -0.05) is 18.2 Å². The molecule has 0 amide bonds. The summed E-state index contributed by atoms with van der Waals surface area (Å²) in [6.45, 7) is 3.84. The second-order valence-corrected chi connectivity index (χ2v) is 6.17. The fourth-order valence-electron chi connectivity index (χ4n) is 2.95. The first kappa shape index (κ1) is 16.0. The largest absolute Gasteiger partial charge is 0.478 e. The maximum atomic E-state index is 11.3. The molecule has 0 fully saturated rings. The van der Waals surface area contributed by atoms with Crippen LogP contribution in [0, 0.1) is 13.8 Å². The van der Waals surface area contributed by atoms with E-state index < -0.39 is 5.97 Å². The molecule has 0 aliphatic heterocycles. The number of pyridine rings is 1. The third-order valence-corrected chi connectivity index (χ3v) is 4.18. The van der Waals surface area contributed by atoms with Gasteiger partial charge in [-0.15, -0.1) is 0 Å². The SMILES string of the molecule is Cc1cccc(Nc2nc3cc(C(=O)O)ccc3c3cnc(C)nc23)c1. The average molecular weight is 344 g/mol. The second kappa shape index (κ2) is 6.07. The van der Waals surface area contributed by atoms with Gasteiger partial charge in [0.25, 0.3) is 0 Å². The van der Waals surface area contributed by atoms with Crippen LogP contribution in [0.2, 0.25) is 0 Å². The molecule has 0 aliphatic rings. The summed E-state index contributed by atoms with van der Waals surface area (Å²) in [4.78, 5) is 24.8. The number of benzene rings is 2. The molecule has 0 saturated carbocycles. The molecule has 0 bridgehead atoms. The highest BCUT2D eigenvalue weighted by atomic mass is 16.4. The number of carbonyl (C=O) groups is 1. The molecule has 2 N–H and O–H groups in total. The Labute approximate surface area is 149 Å². The fraction of sp³-hybridized carbons (Fsp3) is 0.100. The Morgan fingerprint density at radius 1 is 1.04 bits per heavy atom. The van der Waals surface area contributed by atoms with Crippen molar-refractivity contribution >= 4 is 39.3 Å². The van der Waals surface area contributed by atoms with Crippen molar-refractivity contribution in [2.45, 2.75) is 13.8 Å². The molecule has 0 atom stereocenters. The van der Waals surface area contributed by atoms with E-state index in [-0.39, 0.29) is 5.56 Å². The Hall–Kier alpha value is -3.54. The number of rotatable bonds is 3. The number of aryl methyl sites for hydroxylation is 2. The van der Waals surface area contributed by atoms with Crippen LogP contribution >= 0.6 is 0 Å². The summed E-state index contributed by atoms with van der Waals surface area (Å²) in [5.74, 6) is 0.237. The lowest BCUT2D eigenvalue weighted by molar-refractivity contribution is 0.0697. The van der Waals surface area contributed by atoms with Gasteiger partial charge in [0.15, 0.2) is 5.82 Å². The van der Waals surface area contributed by atoms with E-state index >= 15 is 0 Å². The summed E-state index contributed by atoms with van der Waals surface area (Å²) in [5, 5.41) is 14.2. The number of carboxylic acids is 1. The van der Waals surface area contributed by atoms with Crippen LogP contribution in [0.5, 0.6) is 0 Å². The van der Waals surface area contributed by atoms with Gasteiger partial charge >= 0.3 is 5.97 Å². The lowest BCUT2D eigenvalue weighted by atomic mass is 10.1. The minimum atomic E-state index is -0.984. The van der Waals surface area contributed by atoms with Crippen LogP contribution in [-0.2, 0) is 0 Å². The van der Waals surface area contributed by atoms with Crippen molar-refractivity contribution < 1.29 is 9.90 Å². The van der Waals surface area contributed by atoms with Crippen LogP contribution in [0.4, 0.5) is 11.5 Å². The van der Waals surface area contributed by atoms with Crippen LogP contribution < -0.4 is 5.32 Å². The molecule has 2 heterocycles. The minimum absolute atomic E-state index is 0.193. The molecule has 4 aromatic rings. The van der Waals surface area contributed by atoms with E-state index in [0.717, 1.165) is 22.0 Å². The van der Waals surface area contributed by atoms with Crippen molar-refractivity contribution in [1.82, 2.24) is 15.0 Å². The molecule has 0 spiro atoms. The maximum absolute atomic E-state index is 11.3. The molecule has 2 aromatic heterocycles. The summed E-state index contributed by atoms with van der Waals surface area (Å²) in [6, 6.07) is 12.8. The van der Waals surface area contributed by atoms with Gasteiger partial charge in [0, 0.05) is 22.7 Å². The summed E-state index contributed by atoms with van der Waals surface area (Å²) in [6.07, 6.45) is 1.75. The van der Waals surface area contributed by atoms with E-state index in [4.69, 9.17) is 0 Å². The van der Waals surface area contributed by atoms with E-state index in [0.29, 0.717) is 22.7 Å². The van der Waals surface area contributed by atoms with Gasteiger partial charge in [-0.2, -0.15) is 0 Å². The van der Waals surface area contributed by atoms with Crippen molar-refractivity contribution in [3.05, 3.63) is 65.6 Å². The summed E-state index contributed by atoms with van der Waals surface area (Å²) in [5.41, 5.74) is 3.50. The van der Waals surface area contributed by atoms with Gasteiger partial charge in [-0.05, 0) is 43.7 Å². The topological polar surface area (TPSA) is 88.0 Å². The van der Waals surface area contributed by atoms with Gasteiger partial charge in [0.05, 0.1) is 11.1 Å². The summed E-state index contributed by atoms with van der Waals surface area (Å²) < 4.78 is 0. The Morgan fingerprint density at radius 3 is 2.65 bits per heavy atom.